The quantitative estimate of drug-likeness (QED) is 0.799. The van der Waals surface area contributed by atoms with Crippen LogP contribution in [-0.2, 0) is 14.8 Å². The summed E-state index contributed by atoms with van der Waals surface area (Å²) in [6.45, 7) is 4.00. The maximum atomic E-state index is 12.6. The minimum Gasteiger partial charge on any atom is -0.487 e. The normalized spacial score (nSPS) is 18.8. The molecule has 1 N–H and O–H groups in total. The molecular weight excluding hydrogens is 326 g/mol. The Balaban J connectivity index is 2.16. The van der Waals surface area contributed by atoms with Gasteiger partial charge in [0.1, 0.15) is 4.21 Å². The van der Waals surface area contributed by atoms with Crippen LogP contribution in [0.25, 0.3) is 0 Å². The van der Waals surface area contributed by atoms with Crippen molar-refractivity contribution in [3.8, 4) is 5.06 Å². The van der Waals surface area contributed by atoms with Crippen LogP contribution in [0, 0.1) is 5.41 Å². The van der Waals surface area contributed by atoms with Crippen LogP contribution in [0.15, 0.2) is 29.0 Å². The van der Waals surface area contributed by atoms with Crippen molar-refractivity contribution >= 4 is 27.3 Å². The molecule has 1 aromatic heterocycles. The van der Waals surface area contributed by atoms with Crippen molar-refractivity contribution in [2.24, 2.45) is 5.41 Å². The van der Waals surface area contributed by atoms with E-state index in [1.807, 2.05) is 0 Å². The van der Waals surface area contributed by atoms with Gasteiger partial charge in [-0.15, -0.1) is 6.58 Å². The van der Waals surface area contributed by atoms with Crippen LogP contribution < -0.4 is 4.74 Å². The number of carboxylic acid groups (broad SMARTS) is 1. The Hall–Kier alpha value is -1.38. The van der Waals surface area contributed by atoms with E-state index in [4.69, 9.17) is 4.74 Å². The van der Waals surface area contributed by atoms with E-state index in [-0.39, 0.29) is 30.1 Å². The summed E-state index contributed by atoms with van der Waals surface area (Å²) in [5, 5.41) is 9.96. The number of hydrogen-bond donors (Lipinski definition) is 1. The largest absolute Gasteiger partial charge is 0.487 e. The first kappa shape index (κ1) is 17.0. The zero-order chi connectivity index (χ0) is 16.4. The highest BCUT2D eigenvalue weighted by Gasteiger charge is 2.43. The average Bonchev–Trinajstić information content (AvgIpc) is 2.97. The number of rotatable bonds is 6. The fraction of sp³-hybridized carbons (Fsp3) is 0.500. The van der Waals surface area contributed by atoms with Gasteiger partial charge in [0.05, 0.1) is 12.5 Å². The summed E-state index contributed by atoms with van der Waals surface area (Å²) in [5.74, 6) is -0.887. The molecule has 1 fully saturated rings. The van der Waals surface area contributed by atoms with Gasteiger partial charge in [0.2, 0.25) is 0 Å². The lowest BCUT2D eigenvalue weighted by molar-refractivity contribution is -0.151. The summed E-state index contributed by atoms with van der Waals surface area (Å²) < 4.78 is 31.7. The topological polar surface area (TPSA) is 83.9 Å². The van der Waals surface area contributed by atoms with E-state index in [9.17, 15) is 18.3 Å². The van der Waals surface area contributed by atoms with Crippen LogP contribution in [0.5, 0.6) is 5.06 Å². The standard InChI is InChI=1S/C14H19NO5S2/c1-3-6-14(13(16)17)7-9-15(10-8-14)22(18,19)12-5-4-11(20-2)21-12/h3-5H,1,6-10H2,2H3,(H,16,17). The van der Waals surface area contributed by atoms with Gasteiger partial charge in [-0.1, -0.05) is 17.4 Å². The first-order valence-electron chi connectivity index (χ1n) is 6.84. The summed E-state index contributed by atoms with van der Waals surface area (Å²) in [7, 11) is -2.10. The number of aliphatic carboxylic acids is 1. The number of carboxylic acids is 1. The minimum absolute atomic E-state index is 0.197. The maximum Gasteiger partial charge on any atom is 0.310 e. The molecule has 0 radical (unpaired) electrons. The van der Waals surface area contributed by atoms with Gasteiger partial charge in [-0.25, -0.2) is 8.42 Å². The van der Waals surface area contributed by atoms with E-state index in [1.54, 1.807) is 12.1 Å². The van der Waals surface area contributed by atoms with Crippen LogP contribution in [-0.4, -0.2) is 44.0 Å². The summed E-state index contributed by atoms with van der Waals surface area (Å²) in [6, 6.07) is 3.13. The highest BCUT2D eigenvalue weighted by atomic mass is 32.2. The van der Waals surface area contributed by atoms with Gasteiger partial charge in [-0.05, 0) is 31.4 Å². The third kappa shape index (κ3) is 3.04. The molecule has 1 saturated heterocycles. The number of ether oxygens (including phenoxy) is 1. The highest BCUT2D eigenvalue weighted by molar-refractivity contribution is 7.91. The van der Waals surface area contributed by atoms with Crippen molar-refractivity contribution in [1.29, 1.82) is 0 Å². The number of piperidine rings is 1. The summed E-state index contributed by atoms with van der Waals surface area (Å²) in [4.78, 5) is 11.5. The van der Waals surface area contributed by atoms with Crippen LogP contribution in [0.2, 0.25) is 0 Å². The molecule has 0 unspecified atom stereocenters. The first-order valence-corrected chi connectivity index (χ1v) is 9.10. The molecule has 0 spiro atoms. The van der Waals surface area contributed by atoms with Gasteiger partial charge in [-0.2, -0.15) is 4.31 Å². The second-order valence-electron chi connectivity index (χ2n) is 5.26. The molecule has 0 aromatic carbocycles. The van der Waals surface area contributed by atoms with Crippen molar-refractivity contribution in [3.05, 3.63) is 24.8 Å². The van der Waals surface area contributed by atoms with Crippen LogP contribution in [0.3, 0.4) is 0 Å². The molecule has 0 aliphatic carbocycles. The number of methoxy groups -OCH3 is 1. The number of carbonyl (C=O) groups is 1. The van der Waals surface area contributed by atoms with Crippen molar-refractivity contribution in [2.75, 3.05) is 20.2 Å². The molecule has 0 atom stereocenters. The molecule has 0 saturated carbocycles. The molecule has 1 aromatic rings. The molecule has 1 aliphatic rings. The summed E-state index contributed by atoms with van der Waals surface area (Å²) in [5.41, 5.74) is -0.902. The van der Waals surface area contributed by atoms with E-state index in [1.165, 1.54) is 17.5 Å². The van der Waals surface area contributed by atoms with Gasteiger partial charge < -0.3 is 9.84 Å². The van der Waals surface area contributed by atoms with Crippen molar-refractivity contribution in [2.45, 2.75) is 23.5 Å². The van der Waals surface area contributed by atoms with E-state index in [0.717, 1.165) is 11.3 Å². The highest BCUT2D eigenvalue weighted by Crippen LogP contribution is 2.38. The number of thiophene rings is 1. The molecule has 1 aliphatic heterocycles. The Kier molecular flexibility index (Phi) is 4.93. The first-order chi connectivity index (χ1) is 10.4. The van der Waals surface area contributed by atoms with Gasteiger partial charge in [-0.3, -0.25) is 4.79 Å². The number of nitrogens with zero attached hydrogens (tertiary/aromatic N) is 1. The van der Waals surface area contributed by atoms with Gasteiger partial charge in [0, 0.05) is 13.1 Å². The molecule has 22 heavy (non-hydrogen) atoms. The van der Waals surface area contributed by atoms with E-state index < -0.39 is 21.4 Å². The Labute approximate surface area is 134 Å². The number of hydrogen-bond acceptors (Lipinski definition) is 5. The van der Waals surface area contributed by atoms with Crippen molar-refractivity contribution in [1.82, 2.24) is 4.31 Å². The molecule has 2 heterocycles. The number of allylic oxidation sites excluding steroid dienone is 1. The monoisotopic (exact) mass is 345 g/mol. The Morgan fingerprint density at radius 1 is 1.50 bits per heavy atom. The predicted octanol–water partition coefficient (Wildman–Crippen LogP) is 2.19. The van der Waals surface area contributed by atoms with E-state index in [0.29, 0.717) is 11.5 Å². The van der Waals surface area contributed by atoms with Crippen molar-refractivity contribution < 1.29 is 23.1 Å². The average molecular weight is 345 g/mol. The van der Waals surface area contributed by atoms with E-state index in [2.05, 4.69) is 6.58 Å². The zero-order valence-corrected chi connectivity index (χ0v) is 14.0. The SMILES string of the molecule is C=CCC1(C(=O)O)CCN(S(=O)(=O)c2ccc(OC)s2)CC1. The molecular formula is C14H19NO5S2. The predicted molar refractivity (Wildman–Crippen MR) is 83.7 cm³/mol. The fourth-order valence-electron chi connectivity index (χ4n) is 2.62. The lowest BCUT2D eigenvalue weighted by atomic mass is 9.76. The third-order valence-electron chi connectivity index (χ3n) is 4.02. The third-order valence-corrected chi connectivity index (χ3v) is 7.43. The second-order valence-corrected chi connectivity index (χ2v) is 8.47. The number of sulfonamides is 1. The van der Waals surface area contributed by atoms with Gasteiger partial charge in [0.15, 0.2) is 5.06 Å². The molecule has 0 amide bonds. The summed E-state index contributed by atoms with van der Waals surface area (Å²) in [6.07, 6.45) is 2.51. The molecule has 0 bridgehead atoms. The Morgan fingerprint density at radius 2 is 2.14 bits per heavy atom. The van der Waals surface area contributed by atoms with Crippen LogP contribution in [0.1, 0.15) is 19.3 Å². The van der Waals surface area contributed by atoms with Crippen LogP contribution >= 0.6 is 11.3 Å². The molecule has 8 heteroatoms. The summed E-state index contributed by atoms with van der Waals surface area (Å²) >= 11 is 1.07. The van der Waals surface area contributed by atoms with Gasteiger partial charge >= 0.3 is 5.97 Å². The molecule has 6 nitrogen and oxygen atoms in total. The molecule has 122 valence electrons. The zero-order valence-electron chi connectivity index (χ0n) is 12.3. The van der Waals surface area contributed by atoms with Crippen molar-refractivity contribution in [3.63, 3.8) is 0 Å². The Bertz CT molecular complexity index is 657. The smallest absolute Gasteiger partial charge is 0.310 e. The second kappa shape index (κ2) is 6.39. The minimum atomic E-state index is -3.59. The fourth-order valence-corrected chi connectivity index (χ4v) is 5.31. The lowest BCUT2D eigenvalue weighted by Gasteiger charge is -2.37. The van der Waals surface area contributed by atoms with Crippen LogP contribution in [0.4, 0.5) is 0 Å². The van der Waals surface area contributed by atoms with Gasteiger partial charge in [0.25, 0.3) is 10.0 Å². The molecule has 2 rings (SSSR count). The lowest BCUT2D eigenvalue weighted by Crippen LogP contribution is -2.46. The Morgan fingerprint density at radius 3 is 2.59 bits per heavy atom. The van der Waals surface area contributed by atoms with E-state index >= 15 is 0 Å². The maximum absolute atomic E-state index is 12.6.